The molecule has 0 amide bonds. The van der Waals surface area contributed by atoms with E-state index < -0.39 is 0 Å². The largest absolute Gasteiger partial charge is 0.380 e. The van der Waals surface area contributed by atoms with Gasteiger partial charge in [0.15, 0.2) is 5.96 Å². The molecule has 0 aliphatic rings. The van der Waals surface area contributed by atoms with Crippen LogP contribution < -0.4 is 5.32 Å². The van der Waals surface area contributed by atoms with E-state index in [-0.39, 0.29) is 12.4 Å². The number of methoxy groups -OCH3 is 1. The monoisotopic (exact) mass is 309 g/mol. The van der Waals surface area contributed by atoms with Gasteiger partial charge in [0.05, 0.1) is 13.2 Å². The van der Waals surface area contributed by atoms with E-state index in [1.807, 2.05) is 13.1 Å². The van der Waals surface area contributed by atoms with Crippen LogP contribution in [0.5, 0.6) is 0 Å². The number of ether oxygens (including phenoxy) is 1. The van der Waals surface area contributed by atoms with Crippen LogP contribution >= 0.6 is 0 Å². The Kier molecular flexibility index (Phi) is 8.51. The molecule has 0 aliphatic carbocycles. The van der Waals surface area contributed by atoms with Crippen molar-refractivity contribution in [3.8, 4) is 0 Å². The SMILES string of the molecule is CCCCN(C)C(=NCc1ccc(F)c(COC)c1)NCC. The molecule has 0 aromatic heterocycles. The van der Waals surface area contributed by atoms with Gasteiger partial charge >= 0.3 is 0 Å². The molecule has 0 spiro atoms. The maximum atomic E-state index is 13.6. The van der Waals surface area contributed by atoms with Crippen molar-refractivity contribution in [1.29, 1.82) is 0 Å². The number of nitrogens with one attached hydrogen (secondary N) is 1. The van der Waals surface area contributed by atoms with Gasteiger partial charge in [-0.3, -0.25) is 0 Å². The van der Waals surface area contributed by atoms with Crippen molar-refractivity contribution in [2.24, 2.45) is 4.99 Å². The third kappa shape index (κ3) is 6.02. The van der Waals surface area contributed by atoms with Crippen LogP contribution in [0, 0.1) is 5.82 Å². The minimum absolute atomic E-state index is 0.235. The van der Waals surface area contributed by atoms with Crippen LogP contribution in [-0.2, 0) is 17.9 Å². The number of nitrogens with zero attached hydrogens (tertiary/aromatic N) is 2. The first-order valence-electron chi connectivity index (χ1n) is 7.88. The molecule has 0 atom stereocenters. The van der Waals surface area contributed by atoms with E-state index in [4.69, 9.17) is 4.74 Å². The van der Waals surface area contributed by atoms with E-state index in [1.165, 1.54) is 6.07 Å². The molecule has 0 fully saturated rings. The molecule has 5 heteroatoms. The van der Waals surface area contributed by atoms with Gasteiger partial charge in [0.25, 0.3) is 0 Å². The van der Waals surface area contributed by atoms with Crippen molar-refractivity contribution < 1.29 is 9.13 Å². The summed E-state index contributed by atoms with van der Waals surface area (Å²) in [6.07, 6.45) is 2.29. The molecule has 0 unspecified atom stereocenters. The van der Waals surface area contributed by atoms with Crippen molar-refractivity contribution >= 4 is 5.96 Å². The number of halogens is 1. The lowest BCUT2D eigenvalue weighted by Crippen LogP contribution is -2.39. The van der Waals surface area contributed by atoms with Gasteiger partial charge in [0.1, 0.15) is 5.82 Å². The molecule has 0 heterocycles. The van der Waals surface area contributed by atoms with Gasteiger partial charge in [-0.25, -0.2) is 9.38 Å². The fraction of sp³-hybridized carbons (Fsp3) is 0.588. The lowest BCUT2D eigenvalue weighted by Gasteiger charge is -2.21. The highest BCUT2D eigenvalue weighted by Gasteiger charge is 2.06. The quantitative estimate of drug-likeness (QED) is 0.592. The smallest absolute Gasteiger partial charge is 0.193 e. The highest BCUT2D eigenvalue weighted by Crippen LogP contribution is 2.12. The molecule has 1 rings (SSSR count). The number of benzene rings is 1. The molecule has 0 radical (unpaired) electrons. The van der Waals surface area contributed by atoms with Crippen LogP contribution in [0.2, 0.25) is 0 Å². The Hall–Kier alpha value is -1.62. The first-order chi connectivity index (χ1) is 10.6. The van der Waals surface area contributed by atoms with E-state index in [9.17, 15) is 4.39 Å². The van der Waals surface area contributed by atoms with Gasteiger partial charge in [-0.2, -0.15) is 0 Å². The van der Waals surface area contributed by atoms with Gasteiger partial charge in [-0.1, -0.05) is 19.4 Å². The summed E-state index contributed by atoms with van der Waals surface area (Å²) in [5.74, 6) is 0.648. The second-order valence-electron chi connectivity index (χ2n) is 5.30. The van der Waals surface area contributed by atoms with Gasteiger partial charge in [-0.05, 0) is 31.0 Å². The average Bonchev–Trinajstić information content (AvgIpc) is 2.52. The molecule has 4 nitrogen and oxygen atoms in total. The second kappa shape index (κ2) is 10.2. The Labute approximate surface area is 133 Å². The molecular formula is C17H28FN3O. The van der Waals surface area contributed by atoms with Gasteiger partial charge in [-0.15, -0.1) is 0 Å². The van der Waals surface area contributed by atoms with Gasteiger partial charge in [0.2, 0.25) is 0 Å². The minimum atomic E-state index is -0.235. The zero-order chi connectivity index (χ0) is 16.4. The summed E-state index contributed by atoms with van der Waals surface area (Å²) in [7, 11) is 3.61. The molecule has 0 aliphatic heterocycles. The lowest BCUT2D eigenvalue weighted by atomic mass is 10.1. The standard InChI is InChI=1S/C17H28FN3O/c1-5-7-10-21(3)17(19-6-2)20-12-14-8-9-16(18)15(11-14)13-22-4/h8-9,11H,5-7,10,12-13H2,1-4H3,(H,19,20). The third-order valence-corrected chi connectivity index (χ3v) is 3.36. The van der Waals surface area contributed by atoms with Crippen molar-refractivity contribution in [3.05, 3.63) is 35.1 Å². The number of hydrogen-bond donors (Lipinski definition) is 1. The van der Waals surface area contributed by atoms with Crippen LogP contribution in [0.15, 0.2) is 23.2 Å². The zero-order valence-electron chi connectivity index (χ0n) is 14.2. The first-order valence-corrected chi connectivity index (χ1v) is 7.88. The number of hydrogen-bond acceptors (Lipinski definition) is 2. The Morgan fingerprint density at radius 3 is 2.77 bits per heavy atom. The fourth-order valence-corrected chi connectivity index (χ4v) is 2.13. The molecule has 124 valence electrons. The Balaban J connectivity index is 2.78. The fourth-order valence-electron chi connectivity index (χ4n) is 2.13. The van der Waals surface area contributed by atoms with Crippen molar-refractivity contribution in [2.75, 3.05) is 27.2 Å². The van der Waals surface area contributed by atoms with E-state index in [1.54, 1.807) is 13.2 Å². The normalized spacial score (nSPS) is 11.6. The summed E-state index contributed by atoms with van der Waals surface area (Å²) in [6, 6.07) is 5.07. The highest BCUT2D eigenvalue weighted by atomic mass is 19.1. The molecule has 1 aromatic rings. The van der Waals surface area contributed by atoms with Gasteiger partial charge in [0, 0.05) is 32.8 Å². The summed E-state index contributed by atoms with van der Waals surface area (Å²) in [6.45, 7) is 6.83. The molecule has 1 aromatic carbocycles. The zero-order valence-corrected chi connectivity index (χ0v) is 14.2. The lowest BCUT2D eigenvalue weighted by molar-refractivity contribution is 0.181. The van der Waals surface area contributed by atoms with Crippen LogP contribution in [0.3, 0.4) is 0 Å². The molecule has 0 saturated carbocycles. The second-order valence-corrected chi connectivity index (χ2v) is 5.30. The van der Waals surface area contributed by atoms with Crippen LogP contribution in [-0.4, -0.2) is 38.1 Å². The minimum Gasteiger partial charge on any atom is -0.380 e. The van der Waals surface area contributed by atoms with Crippen molar-refractivity contribution in [2.45, 2.75) is 39.8 Å². The Morgan fingerprint density at radius 1 is 1.36 bits per heavy atom. The van der Waals surface area contributed by atoms with Crippen LogP contribution in [0.4, 0.5) is 4.39 Å². The van der Waals surface area contributed by atoms with E-state index in [2.05, 4.69) is 29.1 Å². The summed E-state index contributed by atoms with van der Waals surface area (Å²) >= 11 is 0. The maximum Gasteiger partial charge on any atom is 0.193 e. The number of rotatable bonds is 8. The summed E-state index contributed by atoms with van der Waals surface area (Å²) in [4.78, 5) is 6.77. The maximum absolute atomic E-state index is 13.6. The predicted octanol–water partition coefficient (Wildman–Crippen LogP) is 3.17. The Morgan fingerprint density at radius 2 is 2.14 bits per heavy atom. The predicted molar refractivity (Wildman–Crippen MR) is 89.5 cm³/mol. The molecule has 0 saturated heterocycles. The first kappa shape index (κ1) is 18.4. The summed E-state index contributed by atoms with van der Waals surface area (Å²) in [5.41, 5.74) is 1.55. The highest BCUT2D eigenvalue weighted by molar-refractivity contribution is 5.79. The van der Waals surface area contributed by atoms with E-state index in [0.29, 0.717) is 12.1 Å². The van der Waals surface area contributed by atoms with Gasteiger partial charge < -0.3 is 15.0 Å². The van der Waals surface area contributed by atoms with Crippen molar-refractivity contribution in [1.82, 2.24) is 10.2 Å². The van der Waals surface area contributed by atoms with E-state index in [0.717, 1.165) is 37.5 Å². The van der Waals surface area contributed by atoms with E-state index >= 15 is 0 Å². The third-order valence-electron chi connectivity index (χ3n) is 3.36. The molecule has 0 bridgehead atoms. The Bertz CT molecular complexity index is 477. The average molecular weight is 309 g/mol. The number of unbranched alkanes of at least 4 members (excludes halogenated alkanes) is 1. The van der Waals surface area contributed by atoms with Crippen LogP contribution in [0.1, 0.15) is 37.8 Å². The number of guanidine groups is 1. The molecule has 22 heavy (non-hydrogen) atoms. The van der Waals surface area contributed by atoms with Crippen LogP contribution in [0.25, 0.3) is 0 Å². The number of aliphatic imine (C=N–C) groups is 1. The molecule has 1 N–H and O–H groups in total. The topological polar surface area (TPSA) is 36.9 Å². The summed E-state index contributed by atoms with van der Waals surface area (Å²) in [5, 5.41) is 3.29. The summed E-state index contributed by atoms with van der Waals surface area (Å²) < 4.78 is 18.6. The van der Waals surface area contributed by atoms with Crippen molar-refractivity contribution in [3.63, 3.8) is 0 Å². The molecular weight excluding hydrogens is 281 g/mol.